The predicted octanol–water partition coefficient (Wildman–Crippen LogP) is 3.76. The van der Waals surface area contributed by atoms with E-state index in [0.717, 1.165) is 57.5 Å². The number of benzene rings is 1. The molecular weight excluding hydrogens is 446 g/mol. The standard InChI is InChI=1S/C27H39N3O5/c1-4-5-6-7-27(33)30-14-12-29(13-15-30)11-10-28-19-22-23(31)16-21(17-24(22)32)20-8-9-25(34-2)26(18-20)35-3/h8-9,18-19,21,31H,4-7,10-17H2,1-3H3. The van der Waals surface area contributed by atoms with Gasteiger partial charge in [-0.25, -0.2) is 0 Å². The van der Waals surface area contributed by atoms with Gasteiger partial charge in [-0.15, -0.1) is 0 Å². The molecule has 1 aliphatic carbocycles. The molecule has 0 spiro atoms. The van der Waals surface area contributed by atoms with Gasteiger partial charge in [0.2, 0.25) is 5.91 Å². The Kier molecular flexibility index (Phi) is 10.1. The number of piperazine rings is 1. The van der Waals surface area contributed by atoms with Gasteiger partial charge in [-0.3, -0.25) is 19.5 Å². The molecule has 1 aliphatic heterocycles. The van der Waals surface area contributed by atoms with Crippen molar-refractivity contribution in [1.29, 1.82) is 0 Å². The molecule has 1 aromatic rings. The summed E-state index contributed by atoms with van der Waals surface area (Å²) >= 11 is 0. The van der Waals surface area contributed by atoms with Crippen molar-refractivity contribution in [3.05, 3.63) is 35.1 Å². The van der Waals surface area contributed by atoms with Gasteiger partial charge < -0.3 is 19.5 Å². The number of hydrogen-bond acceptors (Lipinski definition) is 7. The van der Waals surface area contributed by atoms with E-state index < -0.39 is 0 Å². The van der Waals surface area contributed by atoms with E-state index in [2.05, 4.69) is 16.8 Å². The van der Waals surface area contributed by atoms with Crippen LogP contribution in [0.5, 0.6) is 11.5 Å². The van der Waals surface area contributed by atoms with E-state index in [0.29, 0.717) is 42.9 Å². The Morgan fingerprint density at radius 2 is 1.86 bits per heavy atom. The van der Waals surface area contributed by atoms with Crippen LogP contribution in [-0.4, -0.2) is 86.3 Å². The monoisotopic (exact) mass is 485 g/mol. The van der Waals surface area contributed by atoms with Crippen LogP contribution >= 0.6 is 0 Å². The Labute approximate surface area is 208 Å². The van der Waals surface area contributed by atoms with Crippen LogP contribution in [0.4, 0.5) is 0 Å². The maximum absolute atomic E-state index is 12.7. The molecule has 8 nitrogen and oxygen atoms in total. The van der Waals surface area contributed by atoms with Crippen molar-refractivity contribution in [2.45, 2.75) is 51.4 Å². The number of methoxy groups -OCH3 is 2. The highest BCUT2D eigenvalue weighted by Gasteiger charge is 2.28. The first-order chi connectivity index (χ1) is 17.0. The molecular formula is C27H39N3O5. The van der Waals surface area contributed by atoms with Gasteiger partial charge in [0, 0.05) is 58.2 Å². The van der Waals surface area contributed by atoms with Crippen molar-refractivity contribution >= 4 is 17.9 Å². The van der Waals surface area contributed by atoms with Crippen molar-refractivity contribution in [3.8, 4) is 11.5 Å². The van der Waals surface area contributed by atoms with E-state index in [1.807, 2.05) is 23.1 Å². The number of aliphatic hydroxyl groups excluding tert-OH is 1. The molecule has 35 heavy (non-hydrogen) atoms. The number of rotatable bonds is 11. The van der Waals surface area contributed by atoms with E-state index >= 15 is 0 Å². The fourth-order valence-corrected chi connectivity index (χ4v) is 4.66. The molecule has 0 radical (unpaired) electrons. The SMILES string of the molecule is CCCCCC(=O)N1CCN(CCN=CC2=C(O)CC(c3ccc(OC)c(OC)c3)CC2=O)CC1. The number of nitrogens with zero attached hydrogens (tertiary/aromatic N) is 3. The minimum atomic E-state index is -0.111. The van der Waals surface area contributed by atoms with Crippen molar-refractivity contribution in [2.24, 2.45) is 4.99 Å². The Morgan fingerprint density at radius 1 is 1.11 bits per heavy atom. The van der Waals surface area contributed by atoms with E-state index in [9.17, 15) is 14.7 Å². The largest absolute Gasteiger partial charge is 0.511 e. The lowest BCUT2D eigenvalue weighted by atomic mass is 9.83. The van der Waals surface area contributed by atoms with Gasteiger partial charge in [0.1, 0.15) is 5.76 Å². The number of ketones is 1. The molecule has 1 N–H and O–H groups in total. The third-order valence-electron chi connectivity index (χ3n) is 6.85. The van der Waals surface area contributed by atoms with Gasteiger partial charge in [-0.05, 0) is 30.0 Å². The minimum absolute atomic E-state index is 0.0833. The number of amides is 1. The second-order valence-corrected chi connectivity index (χ2v) is 9.22. The van der Waals surface area contributed by atoms with Crippen LogP contribution in [0.2, 0.25) is 0 Å². The highest BCUT2D eigenvalue weighted by Crippen LogP contribution is 2.37. The quantitative estimate of drug-likeness (QED) is 0.379. The topological polar surface area (TPSA) is 91.7 Å². The predicted molar refractivity (Wildman–Crippen MR) is 137 cm³/mol. The molecule has 0 aromatic heterocycles. The third kappa shape index (κ3) is 7.31. The average molecular weight is 486 g/mol. The highest BCUT2D eigenvalue weighted by molar-refractivity contribution is 6.14. The molecule has 1 atom stereocenters. The molecule has 1 saturated heterocycles. The fourth-order valence-electron chi connectivity index (χ4n) is 4.66. The number of allylic oxidation sites excluding steroid dienone is 2. The first-order valence-electron chi connectivity index (χ1n) is 12.6. The maximum Gasteiger partial charge on any atom is 0.222 e. The molecule has 1 fully saturated rings. The van der Waals surface area contributed by atoms with Gasteiger partial charge in [0.05, 0.1) is 26.3 Å². The summed E-state index contributed by atoms with van der Waals surface area (Å²) in [6.45, 7) is 6.67. The lowest BCUT2D eigenvalue weighted by Crippen LogP contribution is -2.49. The summed E-state index contributed by atoms with van der Waals surface area (Å²) in [5, 5.41) is 10.6. The highest BCUT2D eigenvalue weighted by atomic mass is 16.5. The van der Waals surface area contributed by atoms with Crippen LogP contribution in [0.25, 0.3) is 0 Å². The zero-order chi connectivity index (χ0) is 25.2. The van der Waals surface area contributed by atoms with Crippen LogP contribution < -0.4 is 9.47 Å². The molecule has 1 unspecified atom stereocenters. The Hall–Kier alpha value is -2.87. The first kappa shape index (κ1) is 26.7. The minimum Gasteiger partial charge on any atom is -0.511 e. The zero-order valence-electron chi connectivity index (χ0n) is 21.3. The normalized spacial score (nSPS) is 19.5. The summed E-state index contributed by atoms with van der Waals surface area (Å²) in [6, 6.07) is 5.59. The third-order valence-corrected chi connectivity index (χ3v) is 6.85. The molecule has 1 amide bonds. The summed E-state index contributed by atoms with van der Waals surface area (Å²) < 4.78 is 10.6. The lowest BCUT2D eigenvalue weighted by Gasteiger charge is -2.34. The van der Waals surface area contributed by atoms with Gasteiger partial charge in [0.25, 0.3) is 0 Å². The van der Waals surface area contributed by atoms with Crippen LogP contribution in [-0.2, 0) is 9.59 Å². The fraction of sp³-hybridized carbons (Fsp3) is 0.593. The van der Waals surface area contributed by atoms with Crippen molar-refractivity contribution in [3.63, 3.8) is 0 Å². The molecule has 1 heterocycles. The smallest absolute Gasteiger partial charge is 0.222 e. The Balaban J connectivity index is 1.47. The maximum atomic E-state index is 12.7. The molecule has 1 aromatic carbocycles. The molecule has 192 valence electrons. The number of carbonyl (C=O) groups is 2. The number of carbonyl (C=O) groups excluding carboxylic acids is 2. The lowest BCUT2D eigenvalue weighted by molar-refractivity contribution is -0.133. The number of hydrogen-bond donors (Lipinski definition) is 1. The Morgan fingerprint density at radius 3 is 2.51 bits per heavy atom. The van der Waals surface area contributed by atoms with Crippen molar-refractivity contribution < 1.29 is 24.2 Å². The van der Waals surface area contributed by atoms with E-state index in [4.69, 9.17) is 9.47 Å². The summed E-state index contributed by atoms with van der Waals surface area (Å²) in [6.07, 6.45) is 6.08. The number of aliphatic imine (C=N–C) groups is 1. The summed E-state index contributed by atoms with van der Waals surface area (Å²) in [5.74, 6) is 1.37. The van der Waals surface area contributed by atoms with Gasteiger partial charge in [-0.2, -0.15) is 0 Å². The van der Waals surface area contributed by atoms with Gasteiger partial charge in [-0.1, -0.05) is 25.8 Å². The van der Waals surface area contributed by atoms with Crippen molar-refractivity contribution in [2.75, 3.05) is 53.5 Å². The molecule has 8 heteroatoms. The second-order valence-electron chi connectivity index (χ2n) is 9.22. The van der Waals surface area contributed by atoms with Gasteiger partial charge in [0.15, 0.2) is 17.3 Å². The van der Waals surface area contributed by atoms with Crippen LogP contribution in [0.1, 0.15) is 56.9 Å². The van der Waals surface area contributed by atoms with E-state index in [-0.39, 0.29) is 23.4 Å². The van der Waals surface area contributed by atoms with Crippen molar-refractivity contribution in [1.82, 2.24) is 9.80 Å². The molecule has 0 bridgehead atoms. The average Bonchev–Trinajstić information content (AvgIpc) is 2.87. The number of ether oxygens (including phenoxy) is 2. The first-order valence-corrected chi connectivity index (χ1v) is 12.6. The summed E-state index contributed by atoms with van der Waals surface area (Å²) in [5.41, 5.74) is 1.24. The number of aliphatic hydroxyl groups is 1. The van der Waals surface area contributed by atoms with Crippen LogP contribution in [0, 0.1) is 0 Å². The number of Topliss-reactive ketones (excluding diaryl/α,β-unsaturated/α-hetero) is 1. The van der Waals surface area contributed by atoms with E-state index in [1.165, 1.54) is 6.21 Å². The summed E-state index contributed by atoms with van der Waals surface area (Å²) in [7, 11) is 3.16. The van der Waals surface area contributed by atoms with Gasteiger partial charge >= 0.3 is 0 Å². The van der Waals surface area contributed by atoms with Crippen LogP contribution in [0.3, 0.4) is 0 Å². The van der Waals surface area contributed by atoms with Crippen LogP contribution in [0.15, 0.2) is 34.5 Å². The molecule has 0 saturated carbocycles. The summed E-state index contributed by atoms with van der Waals surface area (Å²) in [4.78, 5) is 33.7. The Bertz CT molecular complexity index is 935. The van der Waals surface area contributed by atoms with E-state index in [1.54, 1.807) is 14.2 Å². The zero-order valence-corrected chi connectivity index (χ0v) is 21.3. The molecule has 3 rings (SSSR count). The molecule has 2 aliphatic rings. The second kappa shape index (κ2) is 13.3. The number of unbranched alkanes of at least 4 members (excludes halogenated alkanes) is 2.